The van der Waals surface area contributed by atoms with Crippen molar-refractivity contribution in [1.82, 2.24) is 4.98 Å². The van der Waals surface area contributed by atoms with Crippen molar-refractivity contribution in [3.05, 3.63) is 28.6 Å². The zero-order valence-corrected chi connectivity index (χ0v) is 10.6. The third kappa shape index (κ3) is 3.64. The van der Waals surface area contributed by atoms with Crippen molar-refractivity contribution in [1.29, 1.82) is 0 Å². The number of pyridine rings is 1. The molecule has 0 N–H and O–H groups in total. The first-order chi connectivity index (χ1) is 9.04. The Morgan fingerprint density at radius 1 is 1.35 bits per heavy atom. The predicted octanol–water partition coefficient (Wildman–Crippen LogP) is 2.60. The molecule has 1 heterocycles. The summed E-state index contributed by atoms with van der Waals surface area (Å²) < 4.78 is 63.5. The lowest BCUT2D eigenvalue weighted by atomic mass is 9.96. The standard InChI is InChI=1S/C12H12F5NO2/c1-5(2)3-6-4-7(10(13)14)18-9(12(15,16)17)8(6)11(19)20/h4-5,10H,3H2,1-2H3,(H,19,20)/p-1. The Balaban J connectivity index is 3.62. The van der Waals surface area contributed by atoms with Gasteiger partial charge in [0.15, 0.2) is 5.69 Å². The molecule has 0 bridgehead atoms. The number of aromatic nitrogens is 1. The smallest absolute Gasteiger partial charge is 0.434 e. The van der Waals surface area contributed by atoms with Crippen molar-refractivity contribution in [3.63, 3.8) is 0 Å². The first-order valence-corrected chi connectivity index (χ1v) is 5.64. The highest BCUT2D eigenvalue weighted by atomic mass is 19.4. The number of nitrogens with zero attached hydrogens (tertiary/aromatic N) is 1. The first-order valence-electron chi connectivity index (χ1n) is 5.64. The Kier molecular flexibility index (Phi) is 4.67. The lowest BCUT2D eigenvalue weighted by Crippen LogP contribution is -2.29. The molecule has 0 atom stereocenters. The lowest BCUT2D eigenvalue weighted by Gasteiger charge is -2.19. The number of hydrogen-bond donors (Lipinski definition) is 0. The molecule has 1 aromatic heterocycles. The van der Waals surface area contributed by atoms with Crippen molar-refractivity contribution in [2.45, 2.75) is 32.9 Å². The van der Waals surface area contributed by atoms with Crippen molar-refractivity contribution in [3.8, 4) is 0 Å². The molecule has 0 aliphatic carbocycles. The van der Waals surface area contributed by atoms with Gasteiger partial charge in [-0.05, 0) is 24.0 Å². The van der Waals surface area contributed by atoms with E-state index in [0.29, 0.717) is 6.07 Å². The first kappa shape index (κ1) is 16.3. The van der Waals surface area contributed by atoms with Crippen LogP contribution in [0.5, 0.6) is 0 Å². The number of rotatable bonds is 4. The van der Waals surface area contributed by atoms with Gasteiger partial charge in [-0.25, -0.2) is 13.8 Å². The molecule has 0 unspecified atom stereocenters. The van der Waals surface area contributed by atoms with E-state index in [4.69, 9.17) is 0 Å². The Bertz CT molecular complexity index is 511. The number of carboxylic acid groups (broad SMARTS) is 1. The molecule has 0 saturated carbocycles. The fourth-order valence-corrected chi connectivity index (χ4v) is 1.77. The Morgan fingerprint density at radius 2 is 1.90 bits per heavy atom. The molecular weight excluding hydrogens is 285 g/mol. The van der Waals surface area contributed by atoms with Crippen LogP contribution in [-0.4, -0.2) is 11.0 Å². The summed E-state index contributed by atoms with van der Waals surface area (Å²) >= 11 is 0. The molecule has 0 fully saturated rings. The van der Waals surface area contributed by atoms with Crippen molar-refractivity contribution in [2.24, 2.45) is 5.92 Å². The van der Waals surface area contributed by atoms with Gasteiger partial charge in [0.1, 0.15) is 5.69 Å². The minimum Gasteiger partial charge on any atom is -0.545 e. The molecule has 0 aliphatic rings. The summed E-state index contributed by atoms with van der Waals surface area (Å²) in [6.45, 7) is 3.24. The van der Waals surface area contributed by atoms with Gasteiger partial charge < -0.3 is 9.90 Å². The third-order valence-electron chi connectivity index (χ3n) is 2.45. The van der Waals surface area contributed by atoms with Crippen LogP contribution in [0.4, 0.5) is 22.0 Å². The molecule has 0 aliphatic heterocycles. The second kappa shape index (κ2) is 5.72. The van der Waals surface area contributed by atoms with Crippen molar-refractivity contribution < 1.29 is 31.9 Å². The number of carbonyl (C=O) groups excluding carboxylic acids is 1. The van der Waals surface area contributed by atoms with Gasteiger partial charge in [-0.1, -0.05) is 13.8 Å². The quantitative estimate of drug-likeness (QED) is 0.802. The van der Waals surface area contributed by atoms with E-state index in [1.807, 2.05) is 0 Å². The summed E-state index contributed by atoms with van der Waals surface area (Å²) in [5, 5.41) is 10.9. The van der Waals surface area contributed by atoms with Crippen LogP contribution in [0.2, 0.25) is 0 Å². The van der Waals surface area contributed by atoms with Crippen LogP contribution < -0.4 is 5.11 Å². The van der Waals surface area contributed by atoms with Gasteiger partial charge in [-0.2, -0.15) is 13.2 Å². The minimum atomic E-state index is -5.15. The van der Waals surface area contributed by atoms with E-state index in [1.54, 1.807) is 13.8 Å². The largest absolute Gasteiger partial charge is 0.545 e. The molecule has 0 aromatic carbocycles. The summed E-state index contributed by atoms with van der Waals surface area (Å²) in [6.07, 6.45) is -8.47. The van der Waals surface area contributed by atoms with Crippen molar-refractivity contribution in [2.75, 3.05) is 0 Å². The van der Waals surface area contributed by atoms with Crippen molar-refractivity contribution >= 4 is 5.97 Å². The molecule has 3 nitrogen and oxygen atoms in total. The summed E-state index contributed by atoms with van der Waals surface area (Å²) in [4.78, 5) is 13.7. The van der Waals surface area contributed by atoms with Crippen LogP contribution in [0.15, 0.2) is 6.07 Å². The van der Waals surface area contributed by atoms with Gasteiger partial charge in [-0.15, -0.1) is 0 Å². The maximum Gasteiger partial charge on any atom is 0.434 e. The van der Waals surface area contributed by atoms with E-state index in [-0.39, 0.29) is 17.9 Å². The van der Waals surface area contributed by atoms with Gasteiger partial charge in [0.05, 0.1) is 5.97 Å². The predicted molar refractivity (Wildman–Crippen MR) is 57.1 cm³/mol. The number of halogens is 5. The Hall–Kier alpha value is -1.73. The molecule has 0 spiro atoms. The highest BCUT2D eigenvalue weighted by Gasteiger charge is 2.38. The highest BCUT2D eigenvalue weighted by Crippen LogP contribution is 2.34. The zero-order valence-electron chi connectivity index (χ0n) is 10.6. The fraction of sp³-hybridized carbons (Fsp3) is 0.500. The Labute approximate surface area is 111 Å². The molecule has 1 rings (SSSR count). The maximum absolute atomic E-state index is 12.8. The molecule has 0 radical (unpaired) electrons. The SMILES string of the molecule is CC(C)Cc1cc(C(F)F)nc(C(F)(F)F)c1C(=O)[O-]. The molecule has 112 valence electrons. The van der Waals surface area contributed by atoms with Gasteiger partial charge >= 0.3 is 6.18 Å². The highest BCUT2D eigenvalue weighted by molar-refractivity contribution is 5.89. The number of aromatic carboxylic acids is 1. The summed E-state index contributed by atoms with van der Waals surface area (Å²) in [6, 6.07) is 0.686. The molecule has 0 saturated heterocycles. The number of carboxylic acids is 1. The van der Waals surface area contributed by atoms with Crippen LogP contribution in [0.1, 0.15) is 47.6 Å². The third-order valence-corrected chi connectivity index (χ3v) is 2.45. The molecule has 0 amide bonds. The monoisotopic (exact) mass is 296 g/mol. The van der Waals surface area contributed by atoms with Crippen LogP contribution in [0.3, 0.4) is 0 Å². The van der Waals surface area contributed by atoms with E-state index >= 15 is 0 Å². The van der Waals surface area contributed by atoms with E-state index in [2.05, 4.69) is 4.98 Å². The van der Waals surface area contributed by atoms with Gasteiger partial charge in [0, 0.05) is 5.56 Å². The average Bonchev–Trinajstić information content (AvgIpc) is 2.25. The van der Waals surface area contributed by atoms with E-state index < -0.39 is 35.5 Å². The lowest BCUT2D eigenvalue weighted by molar-refractivity contribution is -0.256. The normalized spacial score (nSPS) is 12.2. The van der Waals surface area contributed by atoms with E-state index in [9.17, 15) is 31.9 Å². The van der Waals surface area contributed by atoms with Crippen LogP contribution in [0, 0.1) is 5.92 Å². The zero-order chi connectivity index (χ0) is 15.7. The second-order valence-corrected chi connectivity index (χ2v) is 4.61. The van der Waals surface area contributed by atoms with Gasteiger partial charge in [0.2, 0.25) is 0 Å². The minimum absolute atomic E-state index is 0.103. The van der Waals surface area contributed by atoms with Crippen LogP contribution in [0.25, 0.3) is 0 Å². The van der Waals surface area contributed by atoms with Crippen LogP contribution in [-0.2, 0) is 12.6 Å². The number of alkyl halides is 5. The molecular formula is C12H11F5NO2-. The topological polar surface area (TPSA) is 53.0 Å². The van der Waals surface area contributed by atoms with Gasteiger partial charge in [0.25, 0.3) is 6.43 Å². The average molecular weight is 296 g/mol. The summed E-state index contributed by atoms with van der Waals surface area (Å²) in [5.41, 5.74) is -4.46. The Morgan fingerprint density at radius 3 is 2.25 bits per heavy atom. The molecule has 8 heteroatoms. The van der Waals surface area contributed by atoms with Gasteiger partial charge in [-0.3, -0.25) is 0 Å². The number of hydrogen-bond acceptors (Lipinski definition) is 3. The fourth-order valence-electron chi connectivity index (χ4n) is 1.77. The summed E-state index contributed by atoms with van der Waals surface area (Å²) in [5.74, 6) is -2.30. The second-order valence-electron chi connectivity index (χ2n) is 4.61. The van der Waals surface area contributed by atoms with Crippen LogP contribution >= 0.6 is 0 Å². The number of carbonyl (C=O) groups is 1. The van der Waals surface area contributed by atoms with E-state index in [0.717, 1.165) is 0 Å². The molecule has 1 aromatic rings. The van der Waals surface area contributed by atoms with E-state index in [1.165, 1.54) is 0 Å². The maximum atomic E-state index is 12.8. The molecule has 20 heavy (non-hydrogen) atoms. The summed E-state index contributed by atoms with van der Waals surface area (Å²) in [7, 11) is 0.